The molecule has 0 aliphatic carbocycles. The van der Waals surface area contributed by atoms with Gasteiger partial charge in [-0.3, -0.25) is 0 Å². The molecule has 0 radical (unpaired) electrons. The third-order valence-corrected chi connectivity index (χ3v) is 4.89. The van der Waals surface area contributed by atoms with Crippen LogP contribution < -0.4 is 15.8 Å². The molecule has 3 aromatic carbocycles. The molecule has 6 nitrogen and oxygen atoms in total. The first-order valence-corrected chi connectivity index (χ1v) is 9.62. The minimum absolute atomic E-state index is 0.0725. The van der Waals surface area contributed by atoms with Crippen molar-refractivity contribution in [1.82, 2.24) is 5.32 Å². The van der Waals surface area contributed by atoms with E-state index in [2.05, 4.69) is 10.6 Å². The molecule has 0 unspecified atom stereocenters. The van der Waals surface area contributed by atoms with Crippen molar-refractivity contribution in [2.45, 2.75) is 11.3 Å². The zero-order valence-electron chi connectivity index (χ0n) is 14.0. The van der Waals surface area contributed by atoms with Crippen LogP contribution in [0.25, 0.3) is 10.8 Å². The molecule has 134 valence electrons. The molecular weight excluding hydrogens is 350 g/mol. The molecule has 0 aliphatic rings. The maximum atomic E-state index is 12.0. The smallest absolute Gasteiger partial charge is 0.319 e. The molecule has 26 heavy (non-hydrogen) atoms. The minimum Gasteiger partial charge on any atom is -0.338 e. The molecule has 0 aliphatic heterocycles. The Bertz CT molecular complexity index is 1030. The van der Waals surface area contributed by atoms with Crippen molar-refractivity contribution in [2.24, 2.45) is 5.14 Å². The Labute approximate surface area is 152 Å². The van der Waals surface area contributed by atoms with Gasteiger partial charge in [0.15, 0.2) is 0 Å². The third-order valence-electron chi connectivity index (χ3n) is 3.96. The highest BCUT2D eigenvalue weighted by atomic mass is 32.2. The first-order valence-electron chi connectivity index (χ1n) is 8.07. The van der Waals surface area contributed by atoms with Gasteiger partial charge in [0.2, 0.25) is 10.0 Å². The number of hydrogen-bond acceptors (Lipinski definition) is 3. The number of hydrogen-bond donors (Lipinski definition) is 3. The van der Waals surface area contributed by atoms with E-state index >= 15 is 0 Å². The molecule has 0 atom stereocenters. The maximum absolute atomic E-state index is 12.0. The topological polar surface area (TPSA) is 101 Å². The van der Waals surface area contributed by atoms with Crippen LogP contribution in [0.2, 0.25) is 0 Å². The van der Waals surface area contributed by atoms with Gasteiger partial charge in [-0.15, -0.1) is 0 Å². The molecule has 4 N–H and O–H groups in total. The van der Waals surface area contributed by atoms with Crippen LogP contribution in [-0.4, -0.2) is 21.0 Å². The predicted molar refractivity (Wildman–Crippen MR) is 102 cm³/mol. The number of fused-ring (bicyclic) bond motifs is 1. The van der Waals surface area contributed by atoms with Gasteiger partial charge < -0.3 is 10.6 Å². The van der Waals surface area contributed by atoms with Crippen LogP contribution in [0.1, 0.15) is 5.56 Å². The Morgan fingerprint density at radius 3 is 2.31 bits per heavy atom. The Hall–Kier alpha value is -2.90. The normalized spacial score (nSPS) is 11.3. The molecular formula is C19H19N3O3S. The third kappa shape index (κ3) is 4.59. The van der Waals surface area contributed by atoms with Gasteiger partial charge in [-0.2, -0.15) is 0 Å². The van der Waals surface area contributed by atoms with Gasteiger partial charge >= 0.3 is 6.03 Å². The number of amides is 2. The van der Waals surface area contributed by atoms with Crippen molar-refractivity contribution in [1.29, 1.82) is 0 Å². The minimum atomic E-state index is -3.68. The predicted octanol–water partition coefficient (Wildman–Crippen LogP) is 2.85. The second-order valence-electron chi connectivity index (χ2n) is 5.88. The van der Waals surface area contributed by atoms with E-state index in [1.807, 2.05) is 42.5 Å². The van der Waals surface area contributed by atoms with Crippen molar-refractivity contribution in [3.63, 3.8) is 0 Å². The van der Waals surface area contributed by atoms with E-state index in [-0.39, 0.29) is 10.9 Å². The zero-order chi connectivity index (χ0) is 18.6. The van der Waals surface area contributed by atoms with Gasteiger partial charge in [-0.05, 0) is 47.0 Å². The maximum Gasteiger partial charge on any atom is 0.319 e. The van der Waals surface area contributed by atoms with Crippen LogP contribution in [0.5, 0.6) is 0 Å². The monoisotopic (exact) mass is 369 g/mol. The van der Waals surface area contributed by atoms with Gasteiger partial charge in [0, 0.05) is 12.2 Å². The molecule has 0 heterocycles. The van der Waals surface area contributed by atoms with Crippen LogP contribution in [0.3, 0.4) is 0 Å². The summed E-state index contributed by atoms with van der Waals surface area (Å²) in [6.45, 7) is 0.425. The largest absolute Gasteiger partial charge is 0.338 e. The Kier molecular flexibility index (Phi) is 5.20. The molecule has 0 aromatic heterocycles. The lowest BCUT2D eigenvalue weighted by atomic mass is 10.1. The Balaban J connectivity index is 1.52. The second kappa shape index (κ2) is 7.55. The van der Waals surface area contributed by atoms with Crippen LogP contribution in [-0.2, 0) is 16.4 Å². The number of carbonyl (C=O) groups excluding carboxylic acids is 1. The molecule has 7 heteroatoms. The standard InChI is InChI=1S/C19H19N3O3S/c20-26(24,25)18-9-5-14(6-10-18)11-12-21-19(23)22-17-8-7-15-3-1-2-4-16(15)13-17/h1-10,13H,11-12H2,(H2,20,24,25)(H2,21,22,23). The number of nitrogens with one attached hydrogen (secondary N) is 2. The average molecular weight is 369 g/mol. The number of rotatable bonds is 5. The Morgan fingerprint density at radius 1 is 0.923 bits per heavy atom. The first kappa shape index (κ1) is 17.9. The van der Waals surface area contributed by atoms with E-state index in [4.69, 9.17) is 5.14 Å². The summed E-state index contributed by atoms with van der Waals surface area (Å²) in [5.74, 6) is 0. The summed E-state index contributed by atoms with van der Waals surface area (Å²) < 4.78 is 22.4. The van der Waals surface area contributed by atoms with Gasteiger partial charge in [0.1, 0.15) is 0 Å². The highest BCUT2D eigenvalue weighted by molar-refractivity contribution is 7.89. The lowest BCUT2D eigenvalue weighted by Gasteiger charge is -2.09. The number of benzene rings is 3. The molecule has 3 rings (SSSR count). The fourth-order valence-corrected chi connectivity index (χ4v) is 3.12. The molecule has 0 bridgehead atoms. The fourth-order valence-electron chi connectivity index (χ4n) is 2.61. The highest BCUT2D eigenvalue weighted by Crippen LogP contribution is 2.18. The number of carbonyl (C=O) groups is 1. The molecule has 0 spiro atoms. The highest BCUT2D eigenvalue weighted by Gasteiger charge is 2.07. The number of nitrogens with two attached hydrogens (primary N) is 1. The van der Waals surface area contributed by atoms with E-state index in [9.17, 15) is 13.2 Å². The second-order valence-corrected chi connectivity index (χ2v) is 7.44. The van der Waals surface area contributed by atoms with E-state index in [1.165, 1.54) is 12.1 Å². The van der Waals surface area contributed by atoms with Crippen molar-refractivity contribution in [3.8, 4) is 0 Å². The molecule has 0 fully saturated rings. The lowest BCUT2D eigenvalue weighted by molar-refractivity contribution is 0.252. The summed E-state index contributed by atoms with van der Waals surface area (Å²) >= 11 is 0. The summed E-state index contributed by atoms with van der Waals surface area (Å²) in [6.07, 6.45) is 0.579. The average Bonchev–Trinajstić information content (AvgIpc) is 2.61. The van der Waals surface area contributed by atoms with Crippen LogP contribution in [0.15, 0.2) is 71.6 Å². The van der Waals surface area contributed by atoms with Gasteiger partial charge in [0.05, 0.1) is 4.90 Å². The first-order chi connectivity index (χ1) is 12.4. The van der Waals surface area contributed by atoms with E-state index < -0.39 is 10.0 Å². The lowest BCUT2D eigenvalue weighted by Crippen LogP contribution is -2.30. The molecule has 0 saturated heterocycles. The number of primary sulfonamides is 1. The van der Waals surface area contributed by atoms with Crippen molar-refractivity contribution < 1.29 is 13.2 Å². The number of sulfonamides is 1. The fraction of sp³-hybridized carbons (Fsp3) is 0.105. The van der Waals surface area contributed by atoms with Crippen molar-refractivity contribution in [3.05, 3.63) is 72.3 Å². The van der Waals surface area contributed by atoms with Crippen LogP contribution in [0, 0.1) is 0 Å². The quantitative estimate of drug-likeness (QED) is 0.644. The molecule has 3 aromatic rings. The van der Waals surface area contributed by atoms with E-state index in [0.717, 1.165) is 22.0 Å². The van der Waals surface area contributed by atoms with Crippen molar-refractivity contribution >= 4 is 32.5 Å². The van der Waals surface area contributed by atoms with E-state index in [1.54, 1.807) is 12.1 Å². The summed E-state index contributed by atoms with van der Waals surface area (Å²) in [5, 5.41) is 12.8. The summed E-state index contributed by atoms with van der Waals surface area (Å²) in [6, 6.07) is 19.6. The van der Waals surface area contributed by atoms with Gasteiger partial charge in [-0.25, -0.2) is 18.4 Å². The van der Waals surface area contributed by atoms with Crippen LogP contribution >= 0.6 is 0 Å². The van der Waals surface area contributed by atoms with Gasteiger partial charge in [0.25, 0.3) is 0 Å². The Morgan fingerprint density at radius 2 is 1.62 bits per heavy atom. The van der Waals surface area contributed by atoms with E-state index in [0.29, 0.717) is 13.0 Å². The van der Waals surface area contributed by atoms with Crippen molar-refractivity contribution in [2.75, 3.05) is 11.9 Å². The number of anilines is 1. The van der Waals surface area contributed by atoms with Gasteiger partial charge in [-0.1, -0.05) is 42.5 Å². The summed E-state index contributed by atoms with van der Waals surface area (Å²) in [4.78, 5) is 12.1. The molecule has 0 saturated carbocycles. The van der Waals surface area contributed by atoms with Crippen LogP contribution in [0.4, 0.5) is 10.5 Å². The summed E-state index contributed by atoms with van der Waals surface area (Å²) in [7, 11) is -3.68. The summed E-state index contributed by atoms with van der Waals surface area (Å²) in [5.41, 5.74) is 1.63. The zero-order valence-corrected chi connectivity index (χ0v) is 14.8. The molecule has 2 amide bonds. The number of urea groups is 1. The SMILES string of the molecule is NS(=O)(=O)c1ccc(CCNC(=O)Nc2ccc3ccccc3c2)cc1.